The molecule has 0 unspecified atom stereocenters. The largest absolute Gasteiger partial charge is 0.495 e. The van der Waals surface area contributed by atoms with Crippen LogP contribution in [-0.2, 0) is 14.8 Å². The van der Waals surface area contributed by atoms with Crippen LogP contribution in [0.5, 0.6) is 5.75 Å². The third-order valence-electron chi connectivity index (χ3n) is 5.15. The van der Waals surface area contributed by atoms with Crippen molar-refractivity contribution in [3.8, 4) is 5.75 Å². The highest BCUT2D eigenvalue weighted by atomic mass is 35.5. The zero-order valence-electron chi connectivity index (χ0n) is 17.0. The number of hydrogen-bond acceptors (Lipinski definition) is 6. The smallest absolute Gasteiger partial charge is 0.264 e. The van der Waals surface area contributed by atoms with E-state index in [-0.39, 0.29) is 15.8 Å². The molecule has 1 fully saturated rings. The zero-order chi connectivity index (χ0) is 22.2. The summed E-state index contributed by atoms with van der Waals surface area (Å²) < 4.78 is 38.7. The lowest BCUT2D eigenvalue weighted by Crippen LogP contribution is -2.40. The molecule has 1 aliphatic heterocycles. The molecule has 1 aliphatic rings. The van der Waals surface area contributed by atoms with Gasteiger partial charge in [0, 0.05) is 24.8 Å². The van der Waals surface area contributed by atoms with E-state index < -0.39 is 10.0 Å². The van der Waals surface area contributed by atoms with Gasteiger partial charge in [-0.15, -0.1) is 11.3 Å². The number of rotatable bonds is 5. The van der Waals surface area contributed by atoms with Crippen molar-refractivity contribution < 1.29 is 22.7 Å². The van der Waals surface area contributed by atoms with E-state index in [1.54, 1.807) is 17.0 Å². The number of carbonyl (C=O) groups is 1. The Morgan fingerprint density at radius 3 is 2.58 bits per heavy atom. The molecule has 2 aromatic carbocycles. The van der Waals surface area contributed by atoms with Gasteiger partial charge in [-0.1, -0.05) is 11.6 Å². The maximum atomic E-state index is 13.1. The molecule has 0 saturated carbocycles. The van der Waals surface area contributed by atoms with Gasteiger partial charge in [-0.3, -0.25) is 9.10 Å². The number of methoxy groups -OCH3 is 1. The molecular weight excluding hydrogens is 460 g/mol. The molecular formula is C21H21ClN2O5S2. The van der Waals surface area contributed by atoms with Crippen LogP contribution in [0.25, 0.3) is 10.1 Å². The summed E-state index contributed by atoms with van der Waals surface area (Å²) in [5.74, 6) is 0.375. The fraction of sp³-hybridized carbons (Fsp3) is 0.286. The monoisotopic (exact) mass is 480 g/mol. The predicted octanol–water partition coefficient (Wildman–Crippen LogP) is 3.86. The number of nitrogens with zero attached hydrogens (tertiary/aromatic N) is 2. The number of thiophene rings is 1. The van der Waals surface area contributed by atoms with Gasteiger partial charge in [-0.25, -0.2) is 8.42 Å². The average Bonchev–Trinajstić information content (AvgIpc) is 3.22. The van der Waals surface area contributed by atoms with Crippen LogP contribution in [0.4, 0.5) is 5.69 Å². The molecule has 10 heteroatoms. The normalized spacial score (nSPS) is 14.6. The third-order valence-corrected chi connectivity index (χ3v) is 8.34. The fourth-order valence-electron chi connectivity index (χ4n) is 3.36. The molecule has 3 aromatic rings. The van der Waals surface area contributed by atoms with E-state index in [1.165, 1.54) is 48.0 Å². The maximum Gasteiger partial charge on any atom is 0.264 e. The van der Waals surface area contributed by atoms with Crippen molar-refractivity contribution in [2.45, 2.75) is 4.90 Å². The molecule has 0 aliphatic carbocycles. The van der Waals surface area contributed by atoms with Gasteiger partial charge in [-0.2, -0.15) is 0 Å². The van der Waals surface area contributed by atoms with Crippen LogP contribution in [0.2, 0.25) is 5.02 Å². The van der Waals surface area contributed by atoms with E-state index in [0.29, 0.717) is 42.6 Å². The van der Waals surface area contributed by atoms with Gasteiger partial charge in [0.15, 0.2) is 0 Å². The number of ether oxygens (including phenoxy) is 2. The minimum absolute atomic E-state index is 0.0279. The van der Waals surface area contributed by atoms with Gasteiger partial charge < -0.3 is 14.4 Å². The SMILES string of the molecule is COc1ccc(S(=O)(=O)N(C)c2ccc3sc(C(=O)N4CCOCC4)cc3c2)cc1Cl. The van der Waals surface area contributed by atoms with Gasteiger partial charge in [0.25, 0.3) is 15.9 Å². The molecule has 2 heterocycles. The second-order valence-corrected chi connectivity index (χ2v) is 10.5. The topological polar surface area (TPSA) is 76.2 Å². The molecule has 7 nitrogen and oxygen atoms in total. The minimum Gasteiger partial charge on any atom is -0.495 e. The Balaban J connectivity index is 1.63. The first-order chi connectivity index (χ1) is 14.8. The first-order valence-corrected chi connectivity index (χ1v) is 12.2. The number of hydrogen-bond donors (Lipinski definition) is 0. The summed E-state index contributed by atoms with van der Waals surface area (Å²) in [7, 11) is -0.872. The van der Waals surface area contributed by atoms with E-state index in [0.717, 1.165) is 10.1 Å². The Labute approximate surface area is 189 Å². The summed E-state index contributed by atoms with van der Waals surface area (Å²) in [6.45, 7) is 2.23. The first-order valence-electron chi connectivity index (χ1n) is 9.54. The minimum atomic E-state index is -3.83. The van der Waals surface area contributed by atoms with Gasteiger partial charge in [0.2, 0.25) is 0 Å². The van der Waals surface area contributed by atoms with Crippen LogP contribution in [0.3, 0.4) is 0 Å². The number of morpholine rings is 1. The lowest BCUT2D eigenvalue weighted by atomic mass is 10.2. The van der Waals surface area contributed by atoms with Crippen molar-refractivity contribution in [2.75, 3.05) is 44.8 Å². The van der Waals surface area contributed by atoms with Crippen LogP contribution in [0.15, 0.2) is 47.4 Å². The second-order valence-electron chi connectivity index (χ2n) is 7.01. The van der Waals surface area contributed by atoms with Crippen molar-refractivity contribution in [3.63, 3.8) is 0 Å². The molecule has 0 radical (unpaired) electrons. The van der Waals surface area contributed by atoms with Crippen LogP contribution < -0.4 is 9.04 Å². The third kappa shape index (κ3) is 4.23. The molecule has 4 rings (SSSR count). The number of fused-ring (bicyclic) bond motifs is 1. The first kappa shape index (κ1) is 21.9. The summed E-state index contributed by atoms with van der Waals surface area (Å²) in [6.07, 6.45) is 0. The molecule has 1 amide bonds. The standard InChI is InChI=1S/C21H21ClN2O5S2/c1-23(31(26,27)16-4-5-18(28-2)17(22)13-16)15-3-6-19-14(11-15)12-20(30-19)21(25)24-7-9-29-10-8-24/h3-6,11-13H,7-10H2,1-2H3. The fourth-order valence-corrected chi connectivity index (χ4v) is 5.91. The lowest BCUT2D eigenvalue weighted by Gasteiger charge is -2.26. The van der Waals surface area contributed by atoms with Crippen LogP contribution >= 0.6 is 22.9 Å². The lowest BCUT2D eigenvalue weighted by molar-refractivity contribution is 0.0306. The molecule has 1 saturated heterocycles. The Morgan fingerprint density at radius 1 is 1.16 bits per heavy atom. The van der Waals surface area contributed by atoms with E-state index in [9.17, 15) is 13.2 Å². The van der Waals surface area contributed by atoms with Crippen molar-refractivity contribution in [1.29, 1.82) is 0 Å². The highest BCUT2D eigenvalue weighted by Crippen LogP contribution is 2.33. The summed E-state index contributed by atoms with van der Waals surface area (Å²) >= 11 is 7.51. The predicted molar refractivity (Wildman–Crippen MR) is 122 cm³/mol. The maximum absolute atomic E-state index is 13.1. The van der Waals surface area contributed by atoms with E-state index in [1.807, 2.05) is 12.1 Å². The Bertz CT molecular complexity index is 1240. The van der Waals surface area contributed by atoms with Crippen molar-refractivity contribution in [3.05, 3.63) is 52.4 Å². The molecule has 0 N–H and O–H groups in total. The number of amides is 1. The summed E-state index contributed by atoms with van der Waals surface area (Å²) in [4.78, 5) is 15.2. The van der Waals surface area contributed by atoms with Crippen LogP contribution in [0.1, 0.15) is 9.67 Å². The Morgan fingerprint density at radius 2 is 1.90 bits per heavy atom. The summed E-state index contributed by atoms with van der Waals surface area (Å²) in [5.41, 5.74) is 0.489. The Kier molecular flexibility index (Phi) is 6.11. The van der Waals surface area contributed by atoms with E-state index >= 15 is 0 Å². The van der Waals surface area contributed by atoms with Gasteiger partial charge in [0.1, 0.15) is 5.75 Å². The van der Waals surface area contributed by atoms with Crippen molar-refractivity contribution in [1.82, 2.24) is 4.90 Å². The number of halogens is 1. The van der Waals surface area contributed by atoms with E-state index in [4.69, 9.17) is 21.1 Å². The Hall–Kier alpha value is -2.33. The van der Waals surface area contributed by atoms with Crippen molar-refractivity contribution >= 4 is 54.6 Å². The van der Waals surface area contributed by atoms with Gasteiger partial charge in [0.05, 0.1) is 40.8 Å². The van der Waals surface area contributed by atoms with Gasteiger partial charge >= 0.3 is 0 Å². The molecule has 1 aromatic heterocycles. The average molecular weight is 481 g/mol. The van der Waals surface area contributed by atoms with Gasteiger partial charge in [-0.05, 0) is 47.9 Å². The summed E-state index contributed by atoms with van der Waals surface area (Å²) in [5, 5.41) is 1.03. The number of anilines is 1. The van der Waals surface area contributed by atoms with Crippen LogP contribution in [-0.4, -0.2) is 59.7 Å². The number of benzene rings is 2. The quantitative estimate of drug-likeness (QED) is 0.554. The summed E-state index contributed by atoms with van der Waals surface area (Å²) in [6, 6.07) is 11.5. The zero-order valence-corrected chi connectivity index (χ0v) is 19.4. The number of sulfonamides is 1. The van der Waals surface area contributed by atoms with Crippen molar-refractivity contribution in [2.24, 2.45) is 0 Å². The highest BCUT2D eigenvalue weighted by molar-refractivity contribution is 7.92. The second kappa shape index (κ2) is 8.66. The molecule has 0 spiro atoms. The molecule has 164 valence electrons. The molecule has 31 heavy (non-hydrogen) atoms. The number of carbonyl (C=O) groups excluding carboxylic acids is 1. The molecule has 0 bridgehead atoms. The molecule has 0 atom stereocenters. The highest BCUT2D eigenvalue weighted by Gasteiger charge is 2.24. The van der Waals surface area contributed by atoms with Crippen LogP contribution in [0, 0.1) is 0 Å². The van der Waals surface area contributed by atoms with E-state index in [2.05, 4.69) is 0 Å².